The standard InChI is InChI=1S/C12H9BrClN3O/c13-8-2-1-7(5-10(8)15)12(18)17-11-6-16-4-3-9(11)14/h1-6H,15H2,(H,17,18). The van der Waals surface area contributed by atoms with Crippen LogP contribution < -0.4 is 11.1 Å². The van der Waals surface area contributed by atoms with Gasteiger partial charge in [-0.25, -0.2) is 0 Å². The van der Waals surface area contributed by atoms with Crippen LogP contribution >= 0.6 is 27.5 Å². The molecule has 0 saturated carbocycles. The molecule has 1 aromatic carbocycles. The summed E-state index contributed by atoms with van der Waals surface area (Å²) in [6.45, 7) is 0. The average Bonchev–Trinajstić information content (AvgIpc) is 2.35. The minimum Gasteiger partial charge on any atom is -0.398 e. The lowest BCUT2D eigenvalue weighted by Crippen LogP contribution is -2.12. The van der Waals surface area contributed by atoms with Gasteiger partial charge in [0.2, 0.25) is 0 Å². The molecule has 92 valence electrons. The van der Waals surface area contributed by atoms with E-state index in [1.165, 1.54) is 6.20 Å². The smallest absolute Gasteiger partial charge is 0.255 e. The molecule has 0 fully saturated rings. The maximum atomic E-state index is 12.0. The van der Waals surface area contributed by atoms with Crippen LogP contribution in [0.15, 0.2) is 41.1 Å². The number of pyridine rings is 1. The molecule has 0 saturated heterocycles. The molecule has 0 bridgehead atoms. The molecule has 0 aliphatic carbocycles. The van der Waals surface area contributed by atoms with Crippen molar-refractivity contribution in [1.82, 2.24) is 4.98 Å². The summed E-state index contributed by atoms with van der Waals surface area (Å²) in [5.74, 6) is -0.288. The molecule has 0 unspecified atom stereocenters. The van der Waals surface area contributed by atoms with Crippen LogP contribution in [0.5, 0.6) is 0 Å². The molecular formula is C12H9BrClN3O. The number of hydrogen-bond acceptors (Lipinski definition) is 3. The highest BCUT2D eigenvalue weighted by molar-refractivity contribution is 9.10. The average molecular weight is 327 g/mol. The van der Waals surface area contributed by atoms with Gasteiger partial charge in [-0.15, -0.1) is 0 Å². The minimum atomic E-state index is -0.288. The summed E-state index contributed by atoms with van der Waals surface area (Å²) in [4.78, 5) is 15.9. The van der Waals surface area contributed by atoms with E-state index in [0.717, 1.165) is 4.47 Å². The molecule has 4 nitrogen and oxygen atoms in total. The Morgan fingerprint density at radius 2 is 2.17 bits per heavy atom. The molecule has 2 rings (SSSR count). The summed E-state index contributed by atoms with van der Waals surface area (Å²) < 4.78 is 0.749. The number of halogens is 2. The van der Waals surface area contributed by atoms with Crippen molar-refractivity contribution in [3.8, 4) is 0 Å². The van der Waals surface area contributed by atoms with E-state index in [4.69, 9.17) is 17.3 Å². The van der Waals surface area contributed by atoms with Gasteiger partial charge in [-0.05, 0) is 40.2 Å². The van der Waals surface area contributed by atoms with Gasteiger partial charge in [0.25, 0.3) is 5.91 Å². The number of anilines is 2. The molecule has 1 heterocycles. The van der Waals surface area contributed by atoms with Gasteiger partial charge in [-0.3, -0.25) is 9.78 Å². The van der Waals surface area contributed by atoms with Gasteiger partial charge < -0.3 is 11.1 Å². The fourth-order valence-electron chi connectivity index (χ4n) is 1.35. The van der Waals surface area contributed by atoms with Gasteiger partial charge in [0, 0.05) is 21.9 Å². The largest absolute Gasteiger partial charge is 0.398 e. The van der Waals surface area contributed by atoms with Gasteiger partial charge >= 0.3 is 0 Å². The first-order valence-electron chi connectivity index (χ1n) is 5.04. The molecule has 0 aliphatic rings. The van der Waals surface area contributed by atoms with Crippen LogP contribution in [0.1, 0.15) is 10.4 Å². The molecule has 3 N–H and O–H groups in total. The second kappa shape index (κ2) is 5.37. The molecular weight excluding hydrogens is 318 g/mol. The molecule has 6 heteroatoms. The normalized spacial score (nSPS) is 10.1. The summed E-state index contributed by atoms with van der Waals surface area (Å²) >= 11 is 9.19. The number of hydrogen-bond donors (Lipinski definition) is 2. The number of amides is 1. The third-order valence-corrected chi connectivity index (χ3v) is 3.33. The summed E-state index contributed by atoms with van der Waals surface area (Å²) in [7, 11) is 0. The SMILES string of the molecule is Nc1cc(C(=O)Nc2cnccc2Cl)ccc1Br. The lowest BCUT2D eigenvalue weighted by atomic mass is 10.2. The van der Waals surface area contributed by atoms with Crippen LogP contribution in [-0.2, 0) is 0 Å². The van der Waals surface area contributed by atoms with Crippen LogP contribution in [0.4, 0.5) is 11.4 Å². The summed E-state index contributed by atoms with van der Waals surface area (Å²) in [5.41, 5.74) is 7.13. The Hall–Kier alpha value is -1.59. The lowest BCUT2D eigenvalue weighted by molar-refractivity contribution is 0.102. The summed E-state index contributed by atoms with van der Waals surface area (Å²) in [6.07, 6.45) is 3.04. The van der Waals surface area contributed by atoms with Crippen LogP contribution in [0.25, 0.3) is 0 Å². The topological polar surface area (TPSA) is 68.0 Å². The van der Waals surface area contributed by atoms with Crippen molar-refractivity contribution in [3.63, 3.8) is 0 Å². The van der Waals surface area contributed by atoms with E-state index in [2.05, 4.69) is 26.2 Å². The van der Waals surface area contributed by atoms with Crippen molar-refractivity contribution in [2.24, 2.45) is 0 Å². The van der Waals surface area contributed by atoms with Crippen LogP contribution in [0, 0.1) is 0 Å². The Morgan fingerprint density at radius 1 is 1.39 bits per heavy atom. The Morgan fingerprint density at radius 3 is 2.83 bits per heavy atom. The van der Waals surface area contributed by atoms with E-state index in [9.17, 15) is 4.79 Å². The van der Waals surface area contributed by atoms with Crippen molar-refractivity contribution in [1.29, 1.82) is 0 Å². The molecule has 0 spiro atoms. The minimum absolute atomic E-state index is 0.288. The van der Waals surface area contributed by atoms with E-state index < -0.39 is 0 Å². The first-order chi connectivity index (χ1) is 8.58. The van der Waals surface area contributed by atoms with E-state index >= 15 is 0 Å². The third-order valence-electron chi connectivity index (χ3n) is 2.27. The van der Waals surface area contributed by atoms with Crippen LogP contribution in [-0.4, -0.2) is 10.9 Å². The monoisotopic (exact) mass is 325 g/mol. The fraction of sp³-hybridized carbons (Fsp3) is 0. The number of carbonyl (C=O) groups is 1. The quantitative estimate of drug-likeness (QED) is 0.832. The van der Waals surface area contributed by atoms with Crippen LogP contribution in [0.3, 0.4) is 0 Å². The van der Waals surface area contributed by atoms with Crippen LogP contribution in [0.2, 0.25) is 5.02 Å². The number of aromatic nitrogens is 1. The fourth-order valence-corrected chi connectivity index (χ4v) is 1.75. The molecule has 18 heavy (non-hydrogen) atoms. The second-order valence-electron chi connectivity index (χ2n) is 3.55. The summed E-state index contributed by atoms with van der Waals surface area (Å²) in [5, 5.41) is 3.10. The molecule has 1 aromatic heterocycles. The zero-order valence-electron chi connectivity index (χ0n) is 9.15. The zero-order valence-corrected chi connectivity index (χ0v) is 11.5. The van der Waals surface area contributed by atoms with Gasteiger partial charge in [-0.2, -0.15) is 0 Å². The maximum absolute atomic E-state index is 12.0. The Labute approximate surface area is 117 Å². The van der Waals surface area contributed by atoms with E-state index in [-0.39, 0.29) is 5.91 Å². The van der Waals surface area contributed by atoms with Crippen molar-refractivity contribution < 1.29 is 4.79 Å². The predicted molar refractivity (Wildman–Crippen MR) is 75.8 cm³/mol. The van der Waals surface area contributed by atoms with Gasteiger partial charge in [-0.1, -0.05) is 11.6 Å². The highest BCUT2D eigenvalue weighted by Crippen LogP contribution is 2.23. The Bertz CT molecular complexity index is 604. The Balaban J connectivity index is 2.22. The number of nitrogen functional groups attached to an aromatic ring is 1. The van der Waals surface area contributed by atoms with Gasteiger partial charge in [0.15, 0.2) is 0 Å². The third kappa shape index (κ3) is 2.80. The highest BCUT2D eigenvalue weighted by Gasteiger charge is 2.09. The molecule has 0 atom stereocenters. The lowest BCUT2D eigenvalue weighted by Gasteiger charge is -2.07. The molecule has 0 radical (unpaired) electrons. The van der Waals surface area contributed by atoms with E-state index in [1.54, 1.807) is 30.5 Å². The predicted octanol–water partition coefficient (Wildman–Crippen LogP) is 3.33. The first-order valence-corrected chi connectivity index (χ1v) is 6.21. The molecule has 1 amide bonds. The van der Waals surface area contributed by atoms with Crippen molar-refractivity contribution >= 4 is 44.8 Å². The van der Waals surface area contributed by atoms with Crippen molar-refractivity contribution in [3.05, 3.63) is 51.7 Å². The molecule has 0 aliphatic heterocycles. The van der Waals surface area contributed by atoms with Gasteiger partial charge in [0.1, 0.15) is 0 Å². The molecule has 2 aromatic rings. The first kappa shape index (κ1) is 12.9. The number of nitrogens with two attached hydrogens (primary N) is 1. The second-order valence-corrected chi connectivity index (χ2v) is 4.81. The van der Waals surface area contributed by atoms with Gasteiger partial charge in [0.05, 0.1) is 16.9 Å². The number of carbonyl (C=O) groups excluding carboxylic acids is 1. The van der Waals surface area contributed by atoms with Crippen molar-refractivity contribution in [2.45, 2.75) is 0 Å². The Kier molecular flexibility index (Phi) is 3.84. The summed E-state index contributed by atoms with van der Waals surface area (Å²) in [6, 6.07) is 6.58. The maximum Gasteiger partial charge on any atom is 0.255 e. The zero-order chi connectivity index (χ0) is 13.1. The van der Waals surface area contributed by atoms with E-state index in [0.29, 0.717) is 22.0 Å². The number of nitrogens with one attached hydrogen (secondary N) is 1. The number of rotatable bonds is 2. The number of benzene rings is 1. The van der Waals surface area contributed by atoms with Crippen molar-refractivity contribution in [2.75, 3.05) is 11.1 Å². The van der Waals surface area contributed by atoms with E-state index in [1.807, 2.05) is 0 Å². The number of nitrogens with zero attached hydrogens (tertiary/aromatic N) is 1. The highest BCUT2D eigenvalue weighted by atomic mass is 79.9.